The van der Waals surface area contributed by atoms with E-state index in [2.05, 4.69) is 29.6 Å². The Hall–Kier alpha value is -2.93. The van der Waals surface area contributed by atoms with Crippen LogP contribution < -0.4 is 14.8 Å². The van der Waals surface area contributed by atoms with Gasteiger partial charge in [-0.1, -0.05) is 23.8 Å². The molecule has 3 rings (SSSR count). The highest BCUT2D eigenvalue weighted by molar-refractivity contribution is 7.99. The molecule has 1 amide bonds. The van der Waals surface area contributed by atoms with E-state index < -0.39 is 5.97 Å². The molecule has 0 aromatic heterocycles. The zero-order chi connectivity index (χ0) is 19.8. The van der Waals surface area contributed by atoms with Crippen LogP contribution in [-0.2, 0) is 14.3 Å². The van der Waals surface area contributed by atoms with E-state index >= 15 is 0 Å². The number of esters is 1. The number of nitrogens with one attached hydrogen (secondary N) is 1. The van der Waals surface area contributed by atoms with E-state index in [1.807, 2.05) is 6.92 Å². The molecule has 7 heteroatoms. The third-order valence-corrected chi connectivity index (χ3v) is 4.88. The first-order valence-corrected chi connectivity index (χ1v) is 9.79. The first-order valence-electron chi connectivity index (χ1n) is 8.81. The number of benzene rings is 2. The minimum absolute atomic E-state index is 0.198. The fourth-order valence-electron chi connectivity index (χ4n) is 2.41. The number of carbonyl (C=O) groups excluding carboxylic acids is 2. The molecule has 1 N–H and O–H groups in total. The van der Waals surface area contributed by atoms with Crippen molar-refractivity contribution in [1.29, 1.82) is 0 Å². The van der Waals surface area contributed by atoms with Crippen molar-refractivity contribution in [2.45, 2.75) is 11.8 Å². The first-order chi connectivity index (χ1) is 13.6. The highest BCUT2D eigenvalue weighted by Crippen LogP contribution is 2.32. The van der Waals surface area contributed by atoms with Gasteiger partial charge in [-0.05, 0) is 42.8 Å². The summed E-state index contributed by atoms with van der Waals surface area (Å²) in [6.07, 6.45) is 2.87. The van der Waals surface area contributed by atoms with Gasteiger partial charge in [0.2, 0.25) is 6.79 Å². The summed E-state index contributed by atoms with van der Waals surface area (Å²) < 4.78 is 15.5. The smallest absolute Gasteiger partial charge is 0.331 e. The van der Waals surface area contributed by atoms with Crippen molar-refractivity contribution in [1.82, 2.24) is 5.32 Å². The van der Waals surface area contributed by atoms with E-state index in [9.17, 15) is 9.59 Å². The molecule has 0 fully saturated rings. The van der Waals surface area contributed by atoms with Crippen molar-refractivity contribution < 1.29 is 23.8 Å². The molecule has 1 aliphatic heterocycles. The maximum Gasteiger partial charge on any atom is 0.331 e. The van der Waals surface area contributed by atoms with Crippen LogP contribution in [0.5, 0.6) is 11.5 Å². The van der Waals surface area contributed by atoms with E-state index in [4.69, 9.17) is 14.2 Å². The van der Waals surface area contributed by atoms with Gasteiger partial charge in [-0.15, -0.1) is 11.8 Å². The van der Waals surface area contributed by atoms with Crippen LogP contribution in [-0.4, -0.2) is 37.6 Å². The average molecular weight is 399 g/mol. The van der Waals surface area contributed by atoms with Gasteiger partial charge in [-0.3, -0.25) is 4.79 Å². The number of carbonyl (C=O) groups is 2. The second kappa shape index (κ2) is 9.85. The highest BCUT2D eigenvalue weighted by Gasteiger charge is 2.12. The van der Waals surface area contributed by atoms with Crippen LogP contribution in [0.3, 0.4) is 0 Å². The average Bonchev–Trinajstić information content (AvgIpc) is 3.17. The summed E-state index contributed by atoms with van der Waals surface area (Å²) in [5, 5.41) is 2.73. The van der Waals surface area contributed by atoms with E-state index in [1.165, 1.54) is 11.6 Å². The van der Waals surface area contributed by atoms with E-state index in [1.54, 1.807) is 36.0 Å². The van der Waals surface area contributed by atoms with Crippen LogP contribution in [0, 0.1) is 6.92 Å². The minimum atomic E-state index is -0.582. The summed E-state index contributed by atoms with van der Waals surface area (Å²) in [4.78, 5) is 24.7. The Kier molecular flexibility index (Phi) is 6.97. The lowest BCUT2D eigenvalue weighted by molar-refractivity contribution is -0.143. The Morgan fingerprint density at radius 3 is 2.75 bits per heavy atom. The Balaban J connectivity index is 1.32. The van der Waals surface area contributed by atoms with Crippen molar-refractivity contribution in [3.05, 3.63) is 59.7 Å². The lowest BCUT2D eigenvalue weighted by Gasteiger charge is -2.06. The first kappa shape index (κ1) is 19.8. The summed E-state index contributed by atoms with van der Waals surface area (Å²) in [5.74, 6) is 1.15. The largest absolute Gasteiger partial charge is 0.454 e. The monoisotopic (exact) mass is 399 g/mol. The fourth-order valence-corrected chi connectivity index (χ4v) is 3.18. The maximum absolute atomic E-state index is 11.8. The van der Waals surface area contributed by atoms with Gasteiger partial charge in [0.05, 0.1) is 0 Å². The van der Waals surface area contributed by atoms with Gasteiger partial charge in [0.1, 0.15) is 0 Å². The molecule has 2 aromatic rings. The molecule has 1 aliphatic rings. The lowest BCUT2D eigenvalue weighted by atomic mass is 10.2. The second-order valence-corrected chi connectivity index (χ2v) is 7.23. The number of hydrogen-bond donors (Lipinski definition) is 1. The Morgan fingerprint density at radius 2 is 1.93 bits per heavy atom. The van der Waals surface area contributed by atoms with Gasteiger partial charge in [0, 0.05) is 23.3 Å². The number of ether oxygens (including phenoxy) is 3. The zero-order valence-corrected chi connectivity index (χ0v) is 16.3. The number of thioether (sulfide) groups is 1. The number of amides is 1. The van der Waals surface area contributed by atoms with Crippen LogP contribution >= 0.6 is 11.8 Å². The molecule has 1 heterocycles. The minimum Gasteiger partial charge on any atom is -0.454 e. The van der Waals surface area contributed by atoms with E-state index in [-0.39, 0.29) is 19.3 Å². The molecule has 0 saturated carbocycles. The van der Waals surface area contributed by atoms with Crippen molar-refractivity contribution in [3.63, 3.8) is 0 Å². The Bertz CT molecular complexity index is 864. The number of aryl methyl sites for hydroxylation is 1. The van der Waals surface area contributed by atoms with E-state index in [0.29, 0.717) is 18.0 Å². The molecule has 0 atom stereocenters. The number of fused-ring (bicyclic) bond motifs is 1. The molecule has 0 bridgehead atoms. The summed E-state index contributed by atoms with van der Waals surface area (Å²) in [6.45, 7) is 2.44. The van der Waals surface area contributed by atoms with Crippen molar-refractivity contribution in [2.24, 2.45) is 0 Å². The Labute approximate surface area is 167 Å². The van der Waals surface area contributed by atoms with Crippen molar-refractivity contribution >= 4 is 29.7 Å². The number of hydrogen-bond acceptors (Lipinski definition) is 6. The van der Waals surface area contributed by atoms with Crippen LogP contribution in [0.4, 0.5) is 0 Å². The highest BCUT2D eigenvalue weighted by atomic mass is 32.2. The molecule has 0 radical (unpaired) electrons. The quantitative estimate of drug-likeness (QED) is 0.318. The molecule has 6 nitrogen and oxygen atoms in total. The summed E-state index contributed by atoms with van der Waals surface area (Å²) in [5.41, 5.74) is 1.99. The van der Waals surface area contributed by atoms with E-state index in [0.717, 1.165) is 16.2 Å². The molecule has 0 unspecified atom stereocenters. The Morgan fingerprint density at radius 1 is 1.14 bits per heavy atom. The van der Waals surface area contributed by atoms with Crippen molar-refractivity contribution in [2.75, 3.05) is 25.7 Å². The van der Waals surface area contributed by atoms with Gasteiger partial charge in [-0.2, -0.15) is 0 Å². The number of rotatable bonds is 8. The molecule has 0 aliphatic carbocycles. The van der Waals surface area contributed by atoms with Crippen LogP contribution in [0.25, 0.3) is 6.08 Å². The maximum atomic E-state index is 11.8. The van der Waals surface area contributed by atoms with Gasteiger partial charge in [0.25, 0.3) is 5.91 Å². The summed E-state index contributed by atoms with van der Waals surface area (Å²) >= 11 is 1.66. The van der Waals surface area contributed by atoms with Crippen LogP contribution in [0.2, 0.25) is 0 Å². The molecule has 0 spiro atoms. The van der Waals surface area contributed by atoms with Gasteiger partial charge < -0.3 is 19.5 Å². The normalized spacial score (nSPS) is 12.2. The topological polar surface area (TPSA) is 73.9 Å². The fraction of sp³-hybridized carbons (Fsp3) is 0.238. The van der Waals surface area contributed by atoms with Crippen molar-refractivity contribution in [3.8, 4) is 11.5 Å². The second-order valence-electron chi connectivity index (χ2n) is 6.07. The molecular weight excluding hydrogens is 378 g/mol. The predicted octanol–water partition coefficient (Wildman–Crippen LogP) is 3.19. The third-order valence-electron chi connectivity index (χ3n) is 3.87. The van der Waals surface area contributed by atoms with Crippen LogP contribution in [0.15, 0.2) is 53.4 Å². The lowest BCUT2D eigenvalue weighted by Crippen LogP contribution is -2.30. The standard InChI is InChI=1S/C21H21NO5S/c1-15-2-6-17(7-3-15)28-11-10-22-20(23)13-25-21(24)9-5-16-4-8-18-19(12-16)27-14-26-18/h2-9,12H,10-11,13-14H2,1H3,(H,22,23)/b9-5+. The van der Waals surface area contributed by atoms with Gasteiger partial charge in [0.15, 0.2) is 18.1 Å². The molecule has 28 heavy (non-hydrogen) atoms. The SMILES string of the molecule is Cc1ccc(SCCNC(=O)COC(=O)/C=C/c2ccc3c(c2)OCO3)cc1. The molecule has 2 aromatic carbocycles. The third kappa shape index (κ3) is 6.06. The van der Waals surface area contributed by atoms with Gasteiger partial charge in [-0.25, -0.2) is 4.79 Å². The summed E-state index contributed by atoms with van der Waals surface area (Å²) in [6, 6.07) is 13.6. The molecule has 0 saturated heterocycles. The predicted molar refractivity (Wildman–Crippen MR) is 107 cm³/mol. The summed E-state index contributed by atoms with van der Waals surface area (Å²) in [7, 11) is 0. The molecular formula is C21H21NO5S. The zero-order valence-electron chi connectivity index (χ0n) is 15.5. The van der Waals surface area contributed by atoms with Gasteiger partial charge >= 0.3 is 5.97 Å². The van der Waals surface area contributed by atoms with Crippen LogP contribution in [0.1, 0.15) is 11.1 Å². The molecule has 146 valence electrons.